The number of aromatic nitrogens is 4. The lowest BCUT2D eigenvalue weighted by Gasteiger charge is -2.37. The number of carbonyl (C=O) groups is 13. The van der Waals surface area contributed by atoms with Crippen molar-refractivity contribution in [2.24, 2.45) is 5.73 Å². The van der Waals surface area contributed by atoms with Gasteiger partial charge in [-0.15, -0.1) is 10.2 Å². The fraction of sp³-hybridized carbons (Fsp3) is 0.528. The third-order valence-corrected chi connectivity index (χ3v) is 22.4. The summed E-state index contributed by atoms with van der Waals surface area (Å²) in [5, 5.41) is 46.0. The van der Waals surface area contributed by atoms with Gasteiger partial charge >= 0.3 is 12.1 Å². The summed E-state index contributed by atoms with van der Waals surface area (Å²) in [5.41, 5.74) is 5.06. The highest BCUT2D eigenvalue weighted by Crippen LogP contribution is 2.36. The van der Waals surface area contributed by atoms with Gasteiger partial charge in [-0.05, 0) is 258 Å². The third kappa shape index (κ3) is 40.7. The summed E-state index contributed by atoms with van der Waals surface area (Å²) in [4.78, 5) is 190. The Morgan fingerprint density at radius 1 is 0.507 bits per heavy atom. The highest BCUT2D eigenvalue weighted by atomic mass is 19.1. The first-order chi connectivity index (χ1) is 68.5. The number of nitrogens with zero attached hydrogens (tertiary/aromatic N) is 3. The molecule has 12 amide bonds. The van der Waals surface area contributed by atoms with E-state index in [4.69, 9.17) is 48.4 Å². The minimum Gasteiger partial charge on any atom is -0.497 e. The van der Waals surface area contributed by atoms with Gasteiger partial charge in [-0.3, -0.25) is 57.5 Å². The average Bonchev–Trinajstić information content (AvgIpc) is 1.88. The molecule has 0 bridgehead atoms. The number of benzene rings is 6. The van der Waals surface area contributed by atoms with E-state index in [9.17, 15) is 28.8 Å². The standard InChI is InChI=1S/C106H150FN17O22/c1-25-68-53-74(140-48-29-28-47-110-100(137)146-105(18,19)20)44-45-75(68)69-37-35-66(36-38-69)52-79(94(131)113-78(34-30-31-67-50-62(2)49-63(3)51-67)93(130)118-91(76-46-43-73(138-23)54-83(76)139-24)70-39-41-72(42-40-70)141-61-87(127)109-22)114-95(132)81(56-88(128)145-104(15,16)17)115-96(133)82(60-142-101(6,7)8)116-97(134)89(64(4)143-102(9,10)11)119-99(136)106(21,57-71-32-26-27-33-77(71)107)120-98(135)90(65(5)144-103(12,13)14)117-86(126)59-111-92(129)80(112-85(125)58-108)55-84-121-123-124-122-84/h26-27,32-33,35-46,49-51,53-54,64-65,78-82,89-91H,25,28-31,34,47-48,52,55-61,108H2,1-24H3,(H,109,127)(H,110,137)(H,111,129)(H,112,125)(H,113,131)(H,114,132)(H,115,133)(H,116,134)(H,117,126)(H,118,130)(H,119,136)(H,120,135)(H,121,122,123,124)/t64-,65-,78+,79+,80+,81+,82+,89+,90+,91?,106+/m1/s1. The van der Waals surface area contributed by atoms with E-state index in [1.54, 1.807) is 158 Å². The molecule has 798 valence electrons. The Hall–Kier alpha value is -13.7. The van der Waals surface area contributed by atoms with E-state index in [0.29, 0.717) is 84.9 Å². The fourth-order valence-corrected chi connectivity index (χ4v) is 15.7. The van der Waals surface area contributed by atoms with Gasteiger partial charge in [0.25, 0.3) is 5.91 Å². The van der Waals surface area contributed by atoms with E-state index >= 15 is 38.0 Å². The Kier molecular flexibility index (Phi) is 44.9. The van der Waals surface area contributed by atoms with E-state index in [-0.39, 0.29) is 43.2 Å². The number of alkyl carbamates (subject to hydrolysis) is 1. The quantitative estimate of drug-likeness (QED) is 0.0126. The molecule has 0 radical (unpaired) electrons. The van der Waals surface area contributed by atoms with Gasteiger partial charge in [0, 0.05) is 44.5 Å². The van der Waals surface area contributed by atoms with Crippen molar-refractivity contribution >= 4 is 77.0 Å². The number of nitrogens with one attached hydrogen (secondary N) is 13. The number of rotatable bonds is 53. The molecule has 1 unspecified atom stereocenters. The lowest BCUT2D eigenvalue weighted by Crippen LogP contribution is -2.67. The predicted octanol–water partition coefficient (Wildman–Crippen LogP) is 8.26. The van der Waals surface area contributed by atoms with Crippen molar-refractivity contribution in [2.75, 3.05) is 60.7 Å². The molecule has 39 nitrogen and oxygen atoms in total. The zero-order chi connectivity index (χ0) is 108. The highest BCUT2D eigenvalue weighted by Gasteiger charge is 2.45. The van der Waals surface area contributed by atoms with Gasteiger partial charge in [0.2, 0.25) is 59.1 Å². The normalized spacial score (nSPS) is 14.2. The van der Waals surface area contributed by atoms with Crippen molar-refractivity contribution in [3.63, 3.8) is 0 Å². The first-order valence-electron chi connectivity index (χ1n) is 48.9. The maximum atomic E-state index is 16.2. The summed E-state index contributed by atoms with van der Waals surface area (Å²) < 4.78 is 69.8. The van der Waals surface area contributed by atoms with E-state index in [1.807, 2.05) is 69.3 Å². The number of H-pyrrole nitrogens is 1. The Morgan fingerprint density at radius 2 is 1.10 bits per heavy atom. The van der Waals surface area contributed by atoms with Crippen molar-refractivity contribution in [2.45, 2.75) is 304 Å². The van der Waals surface area contributed by atoms with E-state index in [2.05, 4.69) is 84.4 Å². The van der Waals surface area contributed by atoms with Gasteiger partial charge in [0.05, 0.1) is 82.0 Å². The molecule has 0 spiro atoms. The second-order valence-electron chi connectivity index (χ2n) is 41.0. The molecule has 0 fully saturated rings. The Labute approximate surface area is 854 Å². The van der Waals surface area contributed by atoms with Crippen LogP contribution >= 0.6 is 0 Å². The van der Waals surface area contributed by atoms with Crippen molar-refractivity contribution in [1.29, 1.82) is 0 Å². The SMILES string of the molecule is CCc1cc(OCCCCNC(=O)OC(C)(C)C)ccc1-c1ccc(C[C@H](NC(=O)[C@H](CC(=O)OC(C)(C)C)NC(=O)[C@H](COC(C)(C)C)NC(=O)[C@@H](NC(=O)[C@](C)(Cc2ccccc2F)NC(=O)[C@@H](NC(=O)CNC(=O)[C@H](Cc2nn[nH]n2)NC(=O)CN)[C@@H](C)OC(C)(C)C)[C@@H](C)OC(C)(C)C)C(=O)N[C@@H](CCCc2cc(C)cc(C)c2)C(=O)NC(c2ccc(OCC(=O)NC)cc2)c2ccc(OC)cc2OC)cc1. The molecule has 0 aliphatic rings. The van der Waals surface area contributed by atoms with Crippen LogP contribution in [0, 0.1) is 19.7 Å². The van der Waals surface area contributed by atoms with Crippen molar-refractivity contribution in [3.8, 4) is 34.1 Å². The first kappa shape index (κ1) is 119. The zero-order valence-electron chi connectivity index (χ0n) is 88.5. The zero-order valence-corrected chi connectivity index (χ0v) is 88.5. The Balaban J connectivity index is 1.31. The van der Waals surface area contributed by atoms with Crippen molar-refractivity contribution in [3.05, 3.63) is 184 Å². The van der Waals surface area contributed by atoms with Crippen molar-refractivity contribution < 1.29 is 109 Å². The van der Waals surface area contributed by atoms with E-state index in [1.165, 1.54) is 60.2 Å². The number of hydrogen-bond acceptors (Lipinski definition) is 26. The van der Waals surface area contributed by atoms with Crippen LogP contribution in [0.2, 0.25) is 0 Å². The summed E-state index contributed by atoms with van der Waals surface area (Å²) in [6.07, 6.45) is -2.64. The van der Waals surface area contributed by atoms with Crippen LogP contribution in [0.25, 0.3) is 11.1 Å². The predicted molar refractivity (Wildman–Crippen MR) is 545 cm³/mol. The molecule has 146 heavy (non-hydrogen) atoms. The van der Waals surface area contributed by atoms with Crippen LogP contribution in [0.15, 0.2) is 127 Å². The number of aryl methyl sites for hydroxylation is 4. The minimum absolute atomic E-state index is 0.000612. The average molecular weight is 2030 g/mol. The number of halogens is 1. The molecule has 11 atom stereocenters. The van der Waals surface area contributed by atoms with E-state index < -0.39 is 204 Å². The number of hydrogen-bond donors (Lipinski definition) is 14. The van der Waals surface area contributed by atoms with Crippen LogP contribution in [0.5, 0.6) is 23.0 Å². The lowest BCUT2D eigenvalue weighted by atomic mass is 9.90. The van der Waals surface area contributed by atoms with Gasteiger partial charge in [-0.1, -0.05) is 102 Å². The van der Waals surface area contributed by atoms with E-state index in [0.717, 1.165) is 39.4 Å². The molecule has 0 aliphatic carbocycles. The van der Waals surface area contributed by atoms with Gasteiger partial charge in [-0.2, -0.15) is 5.21 Å². The molecule has 1 aromatic heterocycles. The largest absolute Gasteiger partial charge is 0.497 e. The maximum absolute atomic E-state index is 16.2. The number of aromatic amines is 1. The molecule has 15 N–H and O–H groups in total. The summed E-state index contributed by atoms with van der Waals surface area (Å²) >= 11 is 0. The van der Waals surface area contributed by atoms with Gasteiger partial charge in [0.15, 0.2) is 12.4 Å². The fourth-order valence-electron chi connectivity index (χ4n) is 15.7. The van der Waals surface area contributed by atoms with Crippen LogP contribution in [-0.2, 0) is 113 Å². The molecule has 7 aromatic rings. The Bertz CT molecular complexity index is 5540. The number of amides is 12. The Morgan fingerprint density at radius 3 is 1.68 bits per heavy atom. The molecule has 6 aromatic carbocycles. The number of carbonyl (C=O) groups excluding carboxylic acids is 13. The molecule has 1 heterocycles. The van der Waals surface area contributed by atoms with Crippen LogP contribution in [0.3, 0.4) is 0 Å². The second kappa shape index (κ2) is 55.0. The number of nitrogens with two attached hydrogens (primary N) is 1. The van der Waals surface area contributed by atoms with Crippen LogP contribution < -0.4 is 88.5 Å². The van der Waals surface area contributed by atoms with Crippen LogP contribution in [0.4, 0.5) is 9.18 Å². The topological polar surface area (TPSA) is 530 Å². The molecule has 0 aliphatic heterocycles. The monoisotopic (exact) mass is 2030 g/mol. The number of ether oxygens (including phenoxy) is 9. The summed E-state index contributed by atoms with van der Waals surface area (Å²) in [6, 6.07) is 23.2. The van der Waals surface area contributed by atoms with Crippen LogP contribution in [0.1, 0.15) is 220 Å². The molecular formula is C106H150FN17O22. The number of likely N-dealkylation sites (N-methyl/N-ethyl adjacent to an activating group) is 1. The minimum atomic E-state index is -2.32. The number of tetrazole rings is 1. The molecule has 7 rings (SSSR count). The highest BCUT2D eigenvalue weighted by molar-refractivity contribution is 6.01. The smallest absolute Gasteiger partial charge is 0.407 e. The summed E-state index contributed by atoms with van der Waals surface area (Å²) in [6.45, 7) is 33.6. The summed E-state index contributed by atoms with van der Waals surface area (Å²) in [7, 11) is 4.42. The lowest BCUT2D eigenvalue weighted by molar-refractivity contribution is -0.157. The van der Waals surface area contributed by atoms with Gasteiger partial charge < -0.3 is 112 Å². The number of unbranched alkanes of at least 4 members (excludes halogenated alkanes) is 1. The second-order valence-corrected chi connectivity index (χ2v) is 41.0. The number of methoxy groups -OCH3 is 2. The molecular weight excluding hydrogens is 1880 g/mol. The van der Waals surface area contributed by atoms with Crippen molar-refractivity contribution in [1.82, 2.24) is 84.4 Å². The van der Waals surface area contributed by atoms with Gasteiger partial charge in [0.1, 0.15) is 87.8 Å². The van der Waals surface area contributed by atoms with Gasteiger partial charge in [-0.25, -0.2) is 9.18 Å². The first-order valence-corrected chi connectivity index (χ1v) is 48.9. The molecule has 40 heteroatoms. The molecule has 0 saturated carbocycles. The molecule has 0 saturated heterocycles. The summed E-state index contributed by atoms with van der Waals surface area (Å²) in [5.74, 6) is -10.4. The maximum Gasteiger partial charge on any atom is 0.407 e. The number of esters is 1. The van der Waals surface area contributed by atoms with Crippen LogP contribution in [-0.4, -0.2) is 246 Å². The third-order valence-electron chi connectivity index (χ3n) is 22.4.